The molecule has 1 aromatic carbocycles. The quantitative estimate of drug-likeness (QED) is 0.864. The van der Waals surface area contributed by atoms with Crippen molar-refractivity contribution in [3.63, 3.8) is 0 Å². The summed E-state index contributed by atoms with van der Waals surface area (Å²) >= 11 is 0. The minimum atomic E-state index is -1.04. The van der Waals surface area contributed by atoms with Crippen LogP contribution in [0, 0.1) is 0 Å². The lowest BCUT2D eigenvalue weighted by molar-refractivity contribution is -0.129. The molecule has 0 spiro atoms. The summed E-state index contributed by atoms with van der Waals surface area (Å²) < 4.78 is 6.08. The number of benzene rings is 1. The first-order valence-electron chi connectivity index (χ1n) is 7.02. The van der Waals surface area contributed by atoms with Gasteiger partial charge in [-0.15, -0.1) is 0 Å². The standard InChI is InChI=1S/C17H21NO2/c1-15(2)11-17(19,16(3,4)20-15)13-9-5-7-12-8-6-10-18-14(12)13/h5-10,19H,11H2,1-4H3. The van der Waals surface area contributed by atoms with Crippen LogP contribution in [-0.2, 0) is 10.3 Å². The molecule has 3 nitrogen and oxygen atoms in total. The molecule has 2 heterocycles. The molecule has 20 heavy (non-hydrogen) atoms. The van der Waals surface area contributed by atoms with E-state index in [-0.39, 0.29) is 5.60 Å². The van der Waals surface area contributed by atoms with Crippen molar-refractivity contribution in [1.29, 1.82) is 0 Å². The first kappa shape index (κ1) is 13.5. The van der Waals surface area contributed by atoms with Crippen molar-refractivity contribution in [3.8, 4) is 0 Å². The number of rotatable bonds is 1. The van der Waals surface area contributed by atoms with Crippen LogP contribution < -0.4 is 0 Å². The van der Waals surface area contributed by atoms with Gasteiger partial charge >= 0.3 is 0 Å². The van der Waals surface area contributed by atoms with Crippen LogP contribution in [0.1, 0.15) is 39.7 Å². The predicted octanol–water partition coefficient (Wildman–Crippen LogP) is 3.40. The number of hydrogen-bond donors (Lipinski definition) is 1. The van der Waals surface area contributed by atoms with Gasteiger partial charge in [0, 0.05) is 23.6 Å². The van der Waals surface area contributed by atoms with Crippen molar-refractivity contribution in [2.45, 2.75) is 50.9 Å². The minimum absolute atomic E-state index is 0.352. The fourth-order valence-corrected chi connectivity index (χ4v) is 3.50. The van der Waals surface area contributed by atoms with Crippen molar-refractivity contribution >= 4 is 10.9 Å². The Balaban J connectivity index is 2.25. The predicted molar refractivity (Wildman–Crippen MR) is 79.5 cm³/mol. The van der Waals surface area contributed by atoms with E-state index < -0.39 is 11.2 Å². The molecule has 1 saturated heterocycles. The van der Waals surface area contributed by atoms with Crippen LogP contribution in [0.2, 0.25) is 0 Å². The molecule has 3 heteroatoms. The van der Waals surface area contributed by atoms with E-state index in [2.05, 4.69) is 4.98 Å². The van der Waals surface area contributed by atoms with Gasteiger partial charge in [0.1, 0.15) is 5.60 Å². The van der Waals surface area contributed by atoms with E-state index in [4.69, 9.17) is 4.74 Å². The number of fused-ring (bicyclic) bond motifs is 1. The number of pyridine rings is 1. The molecule has 0 aliphatic carbocycles. The van der Waals surface area contributed by atoms with E-state index in [0.29, 0.717) is 6.42 Å². The van der Waals surface area contributed by atoms with Gasteiger partial charge in [-0.1, -0.05) is 24.3 Å². The molecule has 1 N–H and O–H groups in total. The van der Waals surface area contributed by atoms with Crippen LogP contribution in [0.25, 0.3) is 10.9 Å². The Morgan fingerprint density at radius 3 is 2.45 bits per heavy atom. The van der Waals surface area contributed by atoms with Gasteiger partial charge in [0.15, 0.2) is 0 Å². The Labute approximate surface area is 119 Å². The summed E-state index contributed by atoms with van der Waals surface area (Å²) in [6.07, 6.45) is 2.33. The lowest BCUT2D eigenvalue weighted by Gasteiger charge is -2.35. The fraction of sp³-hybridized carbons (Fsp3) is 0.471. The number of nitrogens with zero attached hydrogens (tertiary/aromatic N) is 1. The Kier molecular flexibility index (Phi) is 2.72. The van der Waals surface area contributed by atoms with E-state index in [1.54, 1.807) is 6.20 Å². The first-order chi connectivity index (χ1) is 9.25. The molecule has 3 rings (SSSR count). The highest BCUT2D eigenvalue weighted by molar-refractivity contribution is 5.82. The van der Waals surface area contributed by atoms with Crippen molar-refractivity contribution in [1.82, 2.24) is 4.98 Å². The van der Waals surface area contributed by atoms with E-state index >= 15 is 0 Å². The third-order valence-electron chi connectivity index (χ3n) is 4.29. The molecule has 0 bridgehead atoms. The average molecular weight is 271 g/mol. The maximum Gasteiger partial charge on any atom is 0.123 e. The topological polar surface area (TPSA) is 42.4 Å². The molecular formula is C17H21NO2. The normalized spacial score (nSPS) is 27.9. The van der Waals surface area contributed by atoms with Crippen LogP contribution in [0.3, 0.4) is 0 Å². The first-order valence-corrected chi connectivity index (χ1v) is 7.02. The van der Waals surface area contributed by atoms with Crippen molar-refractivity contribution in [3.05, 3.63) is 42.1 Å². The highest BCUT2D eigenvalue weighted by Crippen LogP contribution is 2.51. The molecular weight excluding hydrogens is 250 g/mol. The van der Waals surface area contributed by atoms with Crippen LogP contribution in [0.5, 0.6) is 0 Å². The van der Waals surface area contributed by atoms with Crippen LogP contribution in [0.15, 0.2) is 36.5 Å². The molecule has 0 saturated carbocycles. The zero-order valence-electron chi connectivity index (χ0n) is 12.5. The molecule has 0 amide bonds. The van der Waals surface area contributed by atoms with Gasteiger partial charge in [-0.25, -0.2) is 0 Å². The summed E-state index contributed by atoms with van der Waals surface area (Å²) in [4.78, 5) is 4.47. The zero-order chi connectivity index (χ0) is 14.6. The smallest absolute Gasteiger partial charge is 0.123 e. The molecule has 2 aromatic rings. The maximum absolute atomic E-state index is 11.4. The van der Waals surface area contributed by atoms with Gasteiger partial charge in [0.05, 0.1) is 16.7 Å². The van der Waals surface area contributed by atoms with Gasteiger partial charge < -0.3 is 9.84 Å². The summed E-state index contributed by atoms with van der Waals surface area (Å²) in [7, 11) is 0. The minimum Gasteiger partial charge on any atom is -0.382 e. The second-order valence-electron chi connectivity index (χ2n) is 6.79. The molecule has 1 fully saturated rings. The van der Waals surface area contributed by atoms with Gasteiger partial charge in [-0.2, -0.15) is 0 Å². The lowest BCUT2D eigenvalue weighted by atomic mass is 9.76. The SMILES string of the molecule is CC1(C)CC(O)(c2cccc3cccnc23)C(C)(C)O1. The van der Waals surface area contributed by atoms with Crippen LogP contribution in [0.4, 0.5) is 0 Å². The van der Waals surface area contributed by atoms with Crippen molar-refractivity contribution in [2.24, 2.45) is 0 Å². The highest BCUT2D eigenvalue weighted by atomic mass is 16.5. The van der Waals surface area contributed by atoms with Crippen LogP contribution in [-0.4, -0.2) is 21.3 Å². The number of para-hydroxylation sites is 1. The van der Waals surface area contributed by atoms with E-state index in [1.165, 1.54) is 0 Å². The summed E-state index contributed by atoms with van der Waals surface area (Å²) in [5.74, 6) is 0. The van der Waals surface area contributed by atoms with Crippen LogP contribution >= 0.6 is 0 Å². The Bertz CT molecular complexity index is 658. The van der Waals surface area contributed by atoms with Gasteiger partial charge in [0.2, 0.25) is 0 Å². The Hall–Kier alpha value is -1.45. The summed E-state index contributed by atoms with van der Waals surface area (Å²) in [6, 6.07) is 9.88. The lowest BCUT2D eigenvalue weighted by Crippen LogP contribution is -2.43. The molecule has 1 aliphatic rings. The zero-order valence-corrected chi connectivity index (χ0v) is 12.5. The van der Waals surface area contributed by atoms with E-state index in [9.17, 15) is 5.11 Å². The third kappa shape index (κ3) is 1.85. The van der Waals surface area contributed by atoms with Gasteiger partial charge in [-0.3, -0.25) is 4.98 Å². The maximum atomic E-state index is 11.4. The molecule has 1 unspecified atom stereocenters. The number of ether oxygens (including phenoxy) is 1. The summed E-state index contributed by atoms with van der Waals surface area (Å²) in [5.41, 5.74) is -0.333. The van der Waals surface area contributed by atoms with E-state index in [1.807, 2.05) is 58.0 Å². The number of aliphatic hydroxyl groups is 1. The van der Waals surface area contributed by atoms with Crippen molar-refractivity contribution < 1.29 is 9.84 Å². The fourth-order valence-electron chi connectivity index (χ4n) is 3.50. The molecule has 1 aliphatic heterocycles. The van der Waals surface area contributed by atoms with E-state index in [0.717, 1.165) is 16.5 Å². The number of aromatic nitrogens is 1. The second kappa shape index (κ2) is 4.03. The second-order valence-corrected chi connectivity index (χ2v) is 6.79. The summed E-state index contributed by atoms with van der Waals surface area (Å²) in [6.45, 7) is 7.93. The monoisotopic (exact) mass is 271 g/mol. The summed E-state index contributed by atoms with van der Waals surface area (Å²) in [5, 5.41) is 12.4. The Morgan fingerprint density at radius 2 is 1.80 bits per heavy atom. The molecule has 1 aromatic heterocycles. The third-order valence-corrected chi connectivity index (χ3v) is 4.29. The number of hydrogen-bond acceptors (Lipinski definition) is 3. The largest absolute Gasteiger partial charge is 0.382 e. The van der Waals surface area contributed by atoms with Crippen molar-refractivity contribution in [2.75, 3.05) is 0 Å². The Morgan fingerprint density at radius 1 is 1.10 bits per heavy atom. The molecule has 106 valence electrons. The molecule has 1 atom stereocenters. The highest BCUT2D eigenvalue weighted by Gasteiger charge is 2.57. The van der Waals surface area contributed by atoms with Gasteiger partial charge in [-0.05, 0) is 33.8 Å². The average Bonchev–Trinajstić information content (AvgIpc) is 2.53. The van der Waals surface area contributed by atoms with Gasteiger partial charge in [0.25, 0.3) is 0 Å². The molecule has 0 radical (unpaired) electrons.